The molecule has 1 unspecified atom stereocenters. The number of amides is 1. The average molecular weight is 306 g/mol. The van der Waals surface area contributed by atoms with E-state index in [1.165, 1.54) is 0 Å². The van der Waals surface area contributed by atoms with Crippen molar-refractivity contribution in [3.63, 3.8) is 0 Å². The Hall–Kier alpha value is -0.910. The molecule has 0 saturated carbocycles. The van der Waals surface area contributed by atoms with Gasteiger partial charge in [0.2, 0.25) is 0 Å². The van der Waals surface area contributed by atoms with Gasteiger partial charge in [0.15, 0.2) is 11.1 Å². The number of nitrogens with one attached hydrogen (secondary N) is 1. The van der Waals surface area contributed by atoms with E-state index in [2.05, 4.69) is 5.32 Å². The van der Waals surface area contributed by atoms with E-state index in [1.807, 2.05) is 19.1 Å². The van der Waals surface area contributed by atoms with Crippen LogP contribution >= 0.6 is 11.6 Å². The van der Waals surface area contributed by atoms with Crippen LogP contribution in [-0.2, 0) is 15.3 Å². The van der Waals surface area contributed by atoms with Crippen molar-refractivity contribution in [1.82, 2.24) is 5.32 Å². The quantitative estimate of drug-likeness (QED) is 0.786. The van der Waals surface area contributed by atoms with Gasteiger partial charge in [0, 0.05) is 18.0 Å². The van der Waals surface area contributed by atoms with Crippen LogP contribution in [0.3, 0.4) is 0 Å². The molecule has 4 nitrogen and oxygen atoms in total. The van der Waals surface area contributed by atoms with Gasteiger partial charge < -0.3 is 5.32 Å². The molecule has 6 heteroatoms. The molecule has 0 radical (unpaired) electrons. The molecule has 0 spiro atoms. The molecular formula is C13H20ClNO3S. The first-order chi connectivity index (χ1) is 8.63. The van der Waals surface area contributed by atoms with Crippen molar-refractivity contribution in [2.24, 2.45) is 0 Å². The summed E-state index contributed by atoms with van der Waals surface area (Å²) < 4.78 is 16.1. The zero-order valence-corrected chi connectivity index (χ0v) is 11.7. The number of aryl methyl sites for hydroxylation is 1. The number of carbonyl (C=O) groups is 1. The Bertz CT molecular complexity index is 409. The number of hydrogen-bond acceptors (Lipinski definition) is 3. The maximum atomic E-state index is 11.7. The number of benzene rings is 1. The van der Waals surface area contributed by atoms with E-state index in [4.69, 9.17) is 15.8 Å². The molecule has 0 bridgehead atoms. The van der Waals surface area contributed by atoms with E-state index in [0.29, 0.717) is 18.0 Å². The number of carbonyl (C=O) groups excluding carboxylic acids is 1. The molecule has 1 aromatic carbocycles. The standard InChI is InChI=1S/C12H16ClNO3S.CH4/c1-10-2-4-11(5-3-10)12(15)14-7-9-18(16)17-8-6-13;/h2-5H,6-9H2,1H3,(H,14,15);1H4. The van der Waals surface area contributed by atoms with Gasteiger partial charge >= 0.3 is 0 Å². The Morgan fingerprint density at radius 1 is 1.37 bits per heavy atom. The maximum Gasteiger partial charge on any atom is 0.251 e. The summed E-state index contributed by atoms with van der Waals surface area (Å²) in [6.45, 7) is 2.51. The normalized spacial score (nSPS) is 11.5. The molecular weight excluding hydrogens is 286 g/mol. The summed E-state index contributed by atoms with van der Waals surface area (Å²) in [5, 5.41) is 2.68. The zero-order chi connectivity index (χ0) is 13.4. The first-order valence-electron chi connectivity index (χ1n) is 5.56. The average Bonchev–Trinajstić information content (AvgIpc) is 2.37. The summed E-state index contributed by atoms with van der Waals surface area (Å²) in [4.78, 5) is 11.7. The SMILES string of the molecule is C.Cc1ccc(C(=O)NCCS(=O)OCCCl)cc1. The zero-order valence-electron chi connectivity index (χ0n) is 10.1. The number of hydrogen-bond donors (Lipinski definition) is 1. The van der Waals surface area contributed by atoms with Gasteiger partial charge in [-0.05, 0) is 19.1 Å². The van der Waals surface area contributed by atoms with Crippen molar-refractivity contribution in [3.05, 3.63) is 35.4 Å². The molecule has 108 valence electrons. The fraction of sp³-hybridized carbons (Fsp3) is 0.462. The van der Waals surface area contributed by atoms with Crippen molar-refractivity contribution in [3.8, 4) is 0 Å². The summed E-state index contributed by atoms with van der Waals surface area (Å²) >= 11 is 4.00. The number of rotatable bonds is 7. The molecule has 0 fully saturated rings. The molecule has 0 aliphatic carbocycles. The molecule has 19 heavy (non-hydrogen) atoms. The van der Waals surface area contributed by atoms with Crippen LogP contribution in [0.1, 0.15) is 23.3 Å². The van der Waals surface area contributed by atoms with Crippen molar-refractivity contribution in [2.45, 2.75) is 14.4 Å². The first-order valence-corrected chi connectivity index (χ1v) is 7.34. The number of halogens is 1. The van der Waals surface area contributed by atoms with E-state index in [-0.39, 0.29) is 25.7 Å². The van der Waals surface area contributed by atoms with E-state index >= 15 is 0 Å². The van der Waals surface area contributed by atoms with E-state index in [0.717, 1.165) is 5.56 Å². The summed E-state index contributed by atoms with van der Waals surface area (Å²) in [7, 11) is 0. The second-order valence-electron chi connectivity index (χ2n) is 3.64. The van der Waals surface area contributed by atoms with Gasteiger partial charge in [-0.3, -0.25) is 8.98 Å². The highest BCUT2D eigenvalue weighted by molar-refractivity contribution is 7.80. The lowest BCUT2D eigenvalue weighted by Gasteiger charge is -2.05. The van der Waals surface area contributed by atoms with Gasteiger partial charge in [0.25, 0.3) is 5.91 Å². The predicted octanol–water partition coefficient (Wildman–Crippen LogP) is 2.28. The molecule has 0 aliphatic heterocycles. The third-order valence-corrected chi connectivity index (χ3v) is 3.28. The maximum absolute atomic E-state index is 11.7. The molecule has 1 amide bonds. The molecule has 0 aliphatic rings. The minimum atomic E-state index is -1.40. The van der Waals surface area contributed by atoms with Gasteiger partial charge in [-0.2, -0.15) is 0 Å². The molecule has 0 heterocycles. The van der Waals surface area contributed by atoms with E-state index in [9.17, 15) is 9.00 Å². The van der Waals surface area contributed by atoms with Crippen LogP contribution < -0.4 is 5.32 Å². The molecule has 1 N–H and O–H groups in total. The molecule has 1 atom stereocenters. The van der Waals surface area contributed by atoms with Crippen molar-refractivity contribution >= 4 is 28.6 Å². The Balaban J connectivity index is 0.00000324. The lowest BCUT2D eigenvalue weighted by molar-refractivity contribution is 0.0956. The topological polar surface area (TPSA) is 55.4 Å². The van der Waals surface area contributed by atoms with Crippen LogP contribution in [0, 0.1) is 6.92 Å². The first kappa shape index (κ1) is 18.1. The highest BCUT2D eigenvalue weighted by atomic mass is 35.5. The fourth-order valence-electron chi connectivity index (χ4n) is 1.24. The Morgan fingerprint density at radius 2 is 2.00 bits per heavy atom. The highest BCUT2D eigenvalue weighted by Gasteiger charge is 2.05. The highest BCUT2D eigenvalue weighted by Crippen LogP contribution is 2.02. The summed E-state index contributed by atoms with van der Waals surface area (Å²) in [6.07, 6.45) is 0. The Kier molecular flexibility index (Phi) is 9.47. The lowest BCUT2D eigenvalue weighted by atomic mass is 10.1. The van der Waals surface area contributed by atoms with Crippen LogP contribution in [0.25, 0.3) is 0 Å². The third-order valence-electron chi connectivity index (χ3n) is 2.16. The van der Waals surface area contributed by atoms with Gasteiger partial charge in [-0.15, -0.1) is 11.6 Å². The molecule has 1 aromatic rings. The van der Waals surface area contributed by atoms with Crippen LogP contribution in [-0.4, -0.2) is 34.9 Å². The Labute approximate surface area is 122 Å². The predicted molar refractivity (Wildman–Crippen MR) is 79.9 cm³/mol. The van der Waals surface area contributed by atoms with Gasteiger partial charge in [0.05, 0.1) is 12.4 Å². The van der Waals surface area contributed by atoms with Crippen LogP contribution in [0.2, 0.25) is 0 Å². The van der Waals surface area contributed by atoms with E-state index in [1.54, 1.807) is 12.1 Å². The monoisotopic (exact) mass is 305 g/mol. The smallest absolute Gasteiger partial charge is 0.251 e. The minimum absolute atomic E-state index is 0. The molecule has 0 saturated heterocycles. The van der Waals surface area contributed by atoms with E-state index < -0.39 is 11.1 Å². The fourth-order valence-corrected chi connectivity index (χ4v) is 2.06. The second-order valence-corrected chi connectivity index (χ2v) is 5.27. The van der Waals surface area contributed by atoms with Crippen LogP contribution in [0.4, 0.5) is 0 Å². The Morgan fingerprint density at radius 3 is 2.58 bits per heavy atom. The van der Waals surface area contributed by atoms with Crippen LogP contribution in [0.15, 0.2) is 24.3 Å². The van der Waals surface area contributed by atoms with Crippen LogP contribution in [0.5, 0.6) is 0 Å². The minimum Gasteiger partial charge on any atom is -0.351 e. The third kappa shape index (κ3) is 7.30. The summed E-state index contributed by atoms with van der Waals surface area (Å²) in [6, 6.07) is 7.25. The van der Waals surface area contributed by atoms with Crippen molar-refractivity contribution in [1.29, 1.82) is 0 Å². The van der Waals surface area contributed by atoms with Gasteiger partial charge in [-0.25, -0.2) is 4.21 Å². The molecule has 1 rings (SSSR count). The van der Waals surface area contributed by atoms with Gasteiger partial charge in [-0.1, -0.05) is 25.1 Å². The molecule has 0 aromatic heterocycles. The lowest BCUT2D eigenvalue weighted by Crippen LogP contribution is -2.28. The summed E-state index contributed by atoms with van der Waals surface area (Å²) in [5.74, 6) is 0.389. The second kappa shape index (κ2) is 9.95. The largest absolute Gasteiger partial charge is 0.351 e. The van der Waals surface area contributed by atoms with Crippen molar-refractivity contribution in [2.75, 3.05) is 24.8 Å². The summed E-state index contributed by atoms with van der Waals surface area (Å²) in [5.41, 5.74) is 1.69. The van der Waals surface area contributed by atoms with Crippen molar-refractivity contribution < 1.29 is 13.2 Å². The van der Waals surface area contributed by atoms with Gasteiger partial charge in [0.1, 0.15) is 0 Å². The number of alkyl halides is 1.